The maximum atomic E-state index is 13.5. The summed E-state index contributed by atoms with van der Waals surface area (Å²) in [4.78, 5) is 28.6. The molecular formula is C31H34ClN3O6S. The molecule has 3 aromatic carbocycles. The minimum Gasteiger partial charge on any atom is -0.454 e. The topological polar surface area (TPSA) is 105 Å². The van der Waals surface area contributed by atoms with Gasteiger partial charge in [-0.05, 0) is 79.3 Å². The molecule has 1 atom stereocenters. The summed E-state index contributed by atoms with van der Waals surface area (Å²) in [7, 11) is -3.50. The summed E-state index contributed by atoms with van der Waals surface area (Å²) in [5.41, 5.74) is 2.54. The zero-order valence-electron chi connectivity index (χ0n) is 23.4. The number of benzene rings is 3. The number of halogens is 1. The highest BCUT2D eigenvalue weighted by molar-refractivity contribution is 7.89. The fourth-order valence-corrected chi connectivity index (χ4v) is 6.70. The molecule has 0 saturated carbocycles. The van der Waals surface area contributed by atoms with Gasteiger partial charge in [-0.1, -0.05) is 41.9 Å². The third-order valence-electron chi connectivity index (χ3n) is 7.59. The molecule has 1 saturated heterocycles. The number of hydrogen-bond donors (Lipinski definition) is 1. The fourth-order valence-electron chi connectivity index (χ4n) is 5.06. The molecule has 5 rings (SSSR count). The summed E-state index contributed by atoms with van der Waals surface area (Å²) >= 11 is 6.05. The normalized spacial score (nSPS) is 15.4. The van der Waals surface area contributed by atoms with Crippen LogP contribution in [0.25, 0.3) is 0 Å². The van der Waals surface area contributed by atoms with Crippen molar-refractivity contribution < 1.29 is 27.5 Å². The maximum Gasteiger partial charge on any atom is 0.243 e. The van der Waals surface area contributed by atoms with E-state index in [-0.39, 0.29) is 43.0 Å². The van der Waals surface area contributed by atoms with E-state index in [1.165, 1.54) is 4.31 Å². The SMILES string of the molecule is C[C@@H](C(=O)NCc1ccc2c(c1)OCO2)N(Cc1ccc(Cl)cc1)C(=O)CCc1ccc(S(=O)(=O)N2CCCC2)cc1. The minimum absolute atomic E-state index is 0.158. The van der Waals surface area contributed by atoms with Gasteiger partial charge in [0.15, 0.2) is 11.5 Å². The highest BCUT2D eigenvalue weighted by Crippen LogP contribution is 2.32. The van der Waals surface area contributed by atoms with Gasteiger partial charge >= 0.3 is 0 Å². The molecule has 2 amide bonds. The number of aryl methyl sites for hydroxylation is 1. The Labute approximate surface area is 251 Å². The van der Waals surface area contributed by atoms with Crippen molar-refractivity contribution in [3.63, 3.8) is 0 Å². The van der Waals surface area contributed by atoms with Gasteiger partial charge in [0.1, 0.15) is 6.04 Å². The van der Waals surface area contributed by atoms with Gasteiger partial charge in [-0.25, -0.2) is 8.42 Å². The van der Waals surface area contributed by atoms with Crippen molar-refractivity contribution in [3.05, 3.63) is 88.4 Å². The molecule has 0 bridgehead atoms. The van der Waals surface area contributed by atoms with E-state index in [1.54, 1.807) is 54.3 Å². The van der Waals surface area contributed by atoms with Crippen LogP contribution in [0.5, 0.6) is 11.5 Å². The highest BCUT2D eigenvalue weighted by Gasteiger charge is 2.28. The van der Waals surface area contributed by atoms with Crippen LogP contribution in [-0.2, 0) is 39.1 Å². The molecule has 3 aromatic rings. The largest absolute Gasteiger partial charge is 0.454 e. The van der Waals surface area contributed by atoms with E-state index in [0.29, 0.717) is 36.0 Å². The molecule has 222 valence electrons. The Morgan fingerprint density at radius 3 is 2.29 bits per heavy atom. The number of nitrogens with one attached hydrogen (secondary N) is 1. The van der Waals surface area contributed by atoms with Gasteiger partial charge in [-0.15, -0.1) is 0 Å². The molecular weight excluding hydrogens is 578 g/mol. The van der Waals surface area contributed by atoms with Crippen LogP contribution in [0.4, 0.5) is 0 Å². The number of amides is 2. The number of sulfonamides is 1. The number of rotatable bonds is 11. The lowest BCUT2D eigenvalue weighted by Crippen LogP contribution is -2.47. The molecule has 1 N–H and O–H groups in total. The van der Waals surface area contributed by atoms with E-state index in [0.717, 1.165) is 29.5 Å². The molecule has 1 fully saturated rings. The number of nitrogens with zero attached hydrogens (tertiary/aromatic N) is 2. The Morgan fingerprint density at radius 2 is 1.57 bits per heavy atom. The number of carbonyl (C=O) groups excluding carboxylic acids is 2. The van der Waals surface area contributed by atoms with Crippen LogP contribution in [0.15, 0.2) is 71.6 Å². The second-order valence-electron chi connectivity index (χ2n) is 10.5. The van der Waals surface area contributed by atoms with Crippen LogP contribution in [0.3, 0.4) is 0 Å². The Balaban J connectivity index is 1.23. The predicted octanol–water partition coefficient (Wildman–Crippen LogP) is 4.52. The summed E-state index contributed by atoms with van der Waals surface area (Å²) in [6.07, 6.45) is 2.32. The Morgan fingerprint density at radius 1 is 0.929 bits per heavy atom. The summed E-state index contributed by atoms with van der Waals surface area (Å²) < 4.78 is 37.9. The van der Waals surface area contributed by atoms with Crippen molar-refractivity contribution in [1.29, 1.82) is 0 Å². The van der Waals surface area contributed by atoms with Gasteiger partial charge in [-0.3, -0.25) is 9.59 Å². The zero-order valence-corrected chi connectivity index (χ0v) is 25.0. The van der Waals surface area contributed by atoms with Crippen LogP contribution in [0.2, 0.25) is 5.02 Å². The van der Waals surface area contributed by atoms with Gasteiger partial charge in [0.25, 0.3) is 0 Å². The molecule has 2 heterocycles. The first kappa shape index (κ1) is 29.9. The second kappa shape index (κ2) is 13.1. The van der Waals surface area contributed by atoms with E-state index in [2.05, 4.69) is 5.32 Å². The lowest BCUT2D eigenvalue weighted by atomic mass is 10.1. The van der Waals surface area contributed by atoms with Crippen LogP contribution in [0, 0.1) is 0 Å². The summed E-state index contributed by atoms with van der Waals surface area (Å²) in [6.45, 7) is 3.48. The summed E-state index contributed by atoms with van der Waals surface area (Å²) in [5, 5.41) is 3.51. The quantitative estimate of drug-likeness (QED) is 0.342. The highest BCUT2D eigenvalue weighted by atomic mass is 35.5. The van der Waals surface area contributed by atoms with Gasteiger partial charge in [0, 0.05) is 37.6 Å². The lowest BCUT2D eigenvalue weighted by Gasteiger charge is -2.29. The standard InChI is InChI=1S/C31H34ClN3O6S/c1-22(31(37)33-19-25-8-14-28-29(18-25)41-21-40-28)35(20-24-4-10-26(32)11-5-24)30(36)15-9-23-6-12-27(13-7-23)42(38,39)34-16-2-3-17-34/h4-8,10-14,18,22H,2-3,9,15-17,19-21H2,1H3,(H,33,37)/t22-/m0/s1. The molecule has 0 spiro atoms. The first-order valence-electron chi connectivity index (χ1n) is 14.0. The predicted molar refractivity (Wildman–Crippen MR) is 159 cm³/mol. The van der Waals surface area contributed by atoms with Crippen molar-refractivity contribution in [2.75, 3.05) is 19.9 Å². The molecule has 2 aliphatic heterocycles. The minimum atomic E-state index is -3.50. The molecule has 0 radical (unpaired) electrons. The molecule has 0 aliphatic carbocycles. The van der Waals surface area contributed by atoms with Gasteiger partial charge in [0.05, 0.1) is 4.90 Å². The van der Waals surface area contributed by atoms with Crippen molar-refractivity contribution in [2.24, 2.45) is 0 Å². The van der Waals surface area contributed by atoms with E-state index in [9.17, 15) is 18.0 Å². The van der Waals surface area contributed by atoms with Crippen molar-refractivity contribution in [2.45, 2.75) is 56.6 Å². The van der Waals surface area contributed by atoms with Crippen LogP contribution in [0.1, 0.15) is 42.9 Å². The van der Waals surface area contributed by atoms with Crippen molar-refractivity contribution in [3.8, 4) is 11.5 Å². The summed E-state index contributed by atoms with van der Waals surface area (Å²) in [5.74, 6) is 0.827. The average molecular weight is 612 g/mol. The Hall–Kier alpha value is -3.60. The molecule has 11 heteroatoms. The van der Waals surface area contributed by atoms with Gasteiger partial charge in [0.2, 0.25) is 28.6 Å². The third-order valence-corrected chi connectivity index (χ3v) is 9.76. The Kier molecular flexibility index (Phi) is 9.35. The van der Waals surface area contributed by atoms with E-state index in [1.807, 2.05) is 24.3 Å². The van der Waals surface area contributed by atoms with E-state index in [4.69, 9.17) is 21.1 Å². The van der Waals surface area contributed by atoms with Crippen LogP contribution >= 0.6 is 11.6 Å². The van der Waals surface area contributed by atoms with Gasteiger partial charge in [-0.2, -0.15) is 4.31 Å². The first-order valence-corrected chi connectivity index (χ1v) is 15.8. The summed E-state index contributed by atoms with van der Waals surface area (Å²) in [6, 6.07) is 18.6. The van der Waals surface area contributed by atoms with Crippen molar-refractivity contribution >= 4 is 33.4 Å². The Bertz CT molecular complexity index is 1520. The number of fused-ring (bicyclic) bond motifs is 1. The number of ether oxygens (including phenoxy) is 2. The monoisotopic (exact) mass is 611 g/mol. The van der Waals surface area contributed by atoms with Gasteiger partial charge < -0.3 is 19.7 Å². The number of hydrogen-bond acceptors (Lipinski definition) is 6. The third kappa shape index (κ3) is 7.06. The fraction of sp³-hybridized carbons (Fsp3) is 0.355. The number of carbonyl (C=O) groups is 2. The lowest BCUT2D eigenvalue weighted by molar-refractivity contribution is -0.140. The zero-order chi connectivity index (χ0) is 29.7. The second-order valence-corrected chi connectivity index (χ2v) is 12.9. The van der Waals surface area contributed by atoms with Crippen molar-refractivity contribution in [1.82, 2.24) is 14.5 Å². The molecule has 0 unspecified atom stereocenters. The molecule has 2 aliphatic rings. The van der Waals surface area contributed by atoms with Crippen LogP contribution in [-0.4, -0.2) is 55.4 Å². The molecule has 42 heavy (non-hydrogen) atoms. The molecule has 0 aromatic heterocycles. The molecule has 9 nitrogen and oxygen atoms in total. The van der Waals surface area contributed by atoms with E-state index >= 15 is 0 Å². The van der Waals surface area contributed by atoms with E-state index < -0.39 is 16.1 Å². The van der Waals surface area contributed by atoms with Crippen LogP contribution < -0.4 is 14.8 Å². The first-order chi connectivity index (χ1) is 20.2. The maximum absolute atomic E-state index is 13.5. The average Bonchev–Trinajstić information content (AvgIpc) is 3.71. The smallest absolute Gasteiger partial charge is 0.243 e.